The van der Waals surface area contributed by atoms with Crippen LogP contribution in [0.25, 0.3) is 11.1 Å². The van der Waals surface area contributed by atoms with Gasteiger partial charge in [-0.25, -0.2) is 4.79 Å². The van der Waals surface area contributed by atoms with Crippen LogP contribution < -0.4 is 9.67 Å². The van der Waals surface area contributed by atoms with Crippen molar-refractivity contribution in [2.75, 3.05) is 0 Å². The van der Waals surface area contributed by atoms with E-state index in [2.05, 4.69) is 5.32 Å². The Labute approximate surface area is 202 Å². The van der Waals surface area contributed by atoms with Gasteiger partial charge in [-0.3, -0.25) is 0 Å². The number of carbonyl (C=O) groups is 3. The van der Waals surface area contributed by atoms with Crippen molar-refractivity contribution in [3.05, 3.63) is 89.5 Å². The van der Waals surface area contributed by atoms with Gasteiger partial charge in [0.15, 0.2) is 0 Å². The molecule has 0 fully saturated rings. The van der Waals surface area contributed by atoms with E-state index in [1.54, 1.807) is 38.1 Å². The molecule has 0 aliphatic rings. The van der Waals surface area contributed by atoms with E-state index in [4.69, 9.17) is 0 Å². The third kappa shape index (κ3) is 6.61. The van der Waals surface area contributed by atoms with E-state index in [9.17, 15) is 28.3 Å². The Morgan fingerprint density at radius 3 is 2.03 bits per heavy atom. The zero-order valence-corrected chi connectivity index (χ0v) is 20.7. The van der Waals surface area contributed by atoms with E-state index in [1.807, 2.05) is 24.3 Å². The van der Waals surface area contributed by atoms with Gasteiger partial charge in [0.05, 0.1) is 0 Å². The summed E-state index contributed by atoms with van der Waals surface area (Å²) >= 11 is -1.15. The molecule has 0 aliphatic heterocycles. The molecule has 3 rings (SSSR count). The topological polar surface area (TPSA) is 83.5 Å². The molecule has 176 valence electrons. The molecule has 5 nitrogen and oxygen atoms in total. The van der Waals surface area contributed by atoms with E-state index in [0.717, 1.165) is 27.6 Å². The minimum absolute atomic E-state index is 0.0586. The molecule has 0 bridgehead atoms. The summed E-state index contributed by atoms with van der Waals surface area (Å²) in [7, 11) is 0. The molecule has 8 heteroatoms. The molecular formula is C26H24AsF2NO4. The summed E-state index contributed by atoms with van der Waals surface area (Å²) in [5.74, 6) is -3.16. The van der Waals surface area contributed by atoms with Crippen molar-refractivity contribution in [3.8, 4) is 11.1 Å². The molecule has 0 aromatic heterocycles. The summed E-state index contributed by atoms with van der Waals surface area (Å²) < 4.78 is 27.6. The number of hydrogen-bond acceptors (Lipinski definition) is 3. The summed E-state index contributed by atoms with van der Waals surface area (Å²) in [5.41, 5.74) is 2.31. The Kier molecular flexibility index (Phi) is 8.35. The number of benzene rings is 3. The first-order valence-corrected chi connectivity index (χ1v) is 12.7. The second-order valence-electron chi connectivity index (χ2n) is 8.15. The monoisotopic (exact) mass is 527 g/mol. The molecule has 2 N–H and O–H groups in total. The third-order valence-corrected chi connectivity index (χ3v) is 7.50. The van der Waals surface area contributed by atoms with E-state index < -0.39 is 45.3 Å². The molecular weight excluding hydrogens is 503 g/mol. The van der Waals surface area contributed by atoms with Crippen molar-refractivity contribution in [3.63, 3.8) is 0 Å². The Morgan fingerprint density at radius 1 is 0.912 bits per heavy atom. The number of carboxylic acids is 1. The minimum Gasteiger partial charge on any atom is -0.480 e. The minimum atomic E-state index is -1.15. The van der Waals surface area contributed by atoms with Crippen LogP contribution in [-0.2, 0) is 16.0 Å². The van der Waals surface area contributed by atoms with Gasteiger partial charge in [0.2, 0.25) is 0 Å². The first kappa shape index (κ1) is 25.3. The van der Waals surface area contributed by atoms with Gasteiger partial charge in [-0.15, -0.1) is 0 Å². The summed E-state index contributed by atoms with van der Waals surface area (Å²) in [6.07, 6.45) is -0.0586. The van der Waals surface area contributed by atoms with Crippen LogP contribution in [0, 0.1) is 17.6 Å². The van der Waals surface area contributed by atoms with Gasteiger partial charge in [0, 0.05) is 0 Å². The average molecular weight is 527 g/mol. The molecule has 0 saturated heterocycles. The number of hydrogen-bond donors (Lipinski definition) is 2. The standard InChI is InChI=1S/C26H24AsF2NO4/c1-15(2)24(26(33)34)30-25(32)18-5-3-16(4-6-18)17-7-10-20(11-8-17)27-23(31)13-19-9-12-21(28)14-22(19)29/h3-12,14-15,24,27H,13H2,1-2H3,(H,30,32)(H,33,34)/t24-/m0/s1. The first-order valence-electron chi connectivity index (χ1n) is 10.6. The molecule has 1 amide bonds. The smallest absolute Gasteiger partial charge is 0.480 e. The molecule has 0 heterocycles. The quantitative estimate of drug-likeness (QED) is 0.419. The Morgan fingerprint density at radius 2 is 1.50 bits per heavy atom. The molecule has 0 spiro atoms. The van der Waals surface area contributed by atoms with Crippen molar-refractivity contribution in [2.45, 2.75) is 26.3 Å². The van der Waals surface area contributed by atoms with Gasteiger partial charge in [-0.1, -0.05) is 13.8 Å². The van der Waals surface area contributed by atoms with Crippen LogP contribution >= 0.6 is 0 Å². The molecule has 2 atom stereocenters. The van der Waals surface area contributed by atoms with Gasteiger partial charge in [0.1, 0.15) is 0 Å². The summed E-state index contributed by atoms with van der Waals surface area (Å²) in [6, 6.07) is 16.5. The number of rotatable bonds is 9. The van der Waals surface area contributed by atoms with Gasteiger partial charge < -0.3 is 5.11 Å². The van der Waals surface area contributed by atoms with Crippen molar-refractivity contribution in [1.29, 1.82) is 0 Å². The number of carboxylic acid groups (broad SMARTS) is 1. The van der Waals surface area contributed by atoms with Crippen molar-refractivity contribution >= 4 is 36.6 Å². The fourth-order valence-corrected chi connectivity index (χ4v) is 5.30. The molecule has 34 heavy (non-hydrogen) atoms. The van der Waals surface area contributed by atoms with Crippen molar-refractivity contribution < 1.29 is 28.3 Å². The Balaban J connectivity index is 1.62. The van der Waals surface area contributed by atoms with Gasteiger partial charge in [0.25, 0.3) is 0 Å². The Bertz CT molecular complexity index is 1190. The van der Waals surface area contributed by atoms with E-state index in [-0.39, 0.29) is 22.5 Å². The molecule has 0 saturated carbocycles. The second-order valence-corrected chi connectivity index (χ2v) is 11.1. The predicted molar refractivity (Wildman–Crippen MR) is 127 cm³/mol. The first-order chi connectivity index (χ1) is 16.1. The molecule has 1 unspecified atom stereocenters. The summed E-state index contributed by atoms with van der Waals surface area (Å²) in [5, 5.41) is 11.8. The van der Waals surface area contributed by atoms with Crippen LogP contribution in [0.2, 0.25) is 0 Å². The fourth-order valence-electron chi connectivity index (χ4n) is 3.34. The summed E-state index contributed by atoms with van der Waals surface area (Å²) in [6.45, 7) is 3.45. The normalized spacial score (nSPS) is 12.1. The zero-order chi connectivity index (χ0) is 24.8. The average Bonchev–Trinajstić information content (AvgIpc) is 2.79. The van der Waals surface area contributed by atoms with Crippen LogP contribution in [0.15, 0.2) is 66.7 Å². The van der Waals surface area contributed by atoms with Crippen LogP contribution in [0.5, 0.6) is 0 Å². The molecule has 3 aromatic carbocycles. The van der Waals surface area contributed by atoms with Crippen molar-refractivity contribution in [2.24, 2.45) is 5.92 Å². The molecule has 0 radical (unpaired) electrons. The van der Waals surface area contributed by atoms with E-state index in [1.165, 1.54) is 6.07 Å². The van der Waals surface area contributed by atoms with Gasteiger partial charge in [-0.2, -0.15) is 0 Å². The van der Waals surface area contributed by atoms with Gasteiger partial charge in [-0.05, 0) is 0 Å². The van der Waals surface area contributed by atoms with E-state index >= 15 is 0 Å². The zero-order valence-electron chi connectivity index (χ0n) is 18.6. The van der Waals surface area contributed by atoms with Crippen molar-refractivity contribution in [1.82, 2.24) is 5.32 Å². The number of amides is 1. The number of nitrogens with one attached hydrogen (secondary N) is 1. The maximum atomic E-state index is 13.8. The number of halogens is 2. The molecule has 0 aliphatic carbocycles. The predicted octanol–water partition coefficient (Wildman–Crippen LogP) is 3.30. The maximum absolute atomic E-state index is 13.8. The van der Waals surface area contributed by atoms with Crippen LogP contribution in [0.3, 0.4) is 0 Å². The van der Waals surface area contributed by atoms with Crippen LogP contribution in [-0.4, -0.2) is 43.3 Å². The molecule has 3 aromatic rings. The van der Waals surface area contributed by atoms with Crippen LogP contribution in [0.1, 0.15) is 29.8 Å². The van der Waals surface area contributed by atoms with Crippen LogP contribution in [0.4, 0.5) is 8.78 Å². The third-order valence-electron chi connectivity index (χ3n) is 5.23. The number of carbonyl (C=O) groups excluding carboxylic acids is 2. The fraction of sp³-hybridized carbons (Fsp3) is 0.192. The summed E-state index contributed by atoms with van der Waals surface area (Å²) in [4.78, 5) is 36.0. The number of aliphatic carboxylic acids is 1. The Hall–Kier alpha value is -3.31. The van der Waals surface area contributed by atoms with E-state index in [0.29, 0.717) is 5.56 Å². The van der Waals surface area contributed by atoms with Gasteiger partial charge >= 0.3 is 179 Å². The SMILES string of the molecule is CC(C)[C@H](NC(=O)c1ccc(-c2ccc([AsH]C(=O)Cc3ccc(F)cc3F)cc2)cc1)C(=O)O. The second kappa shape index (κ2) is 11.2.